The third-order valence-corrected chi connectivity index (χ3v) is 5.49. The Kier molecular flexibility index (Phi) is 5.39. The summed E-state index contributed by atoms with van der Waals surface area (Å²) in [7, 11) is 0. The van der Waals surface area contributed by atoms with Gasteiger partial charge in [-0.1, -0.05) is 42.4 Å². The van der Waals surface area contributed by atoms with E-state index in [-0.39, 0.29) is 6.04 Å². The summed E-state index contributed by atoms with van der Waals surface area (Å²) in [6.07, 6.45) is 8.26. The summed E-state index contributed by atoms with van der Waals surface area (Å²) < 4.78 is 5.49. The zero-order valence-electron chi connectivity index (χ0n) is 17.5. The maximum absolute atomic E-state index is 5.49. The first kappa shape index (κ1) is 19.4. The van der Waals surface area contributed by atoms with Crippen LogP contribution in [0.3, 0.4) is 0 Å². The van der Waals surface area contributed by atoms with Crippen LogP contribution in [0.15, 0.2) is 59.4 Å². The summed E-state index contributed by atoms with van der Waals surface area (Å²) in [5.41, 5.74) is 4.29. The molecule has 0 fully saturated rings. The van der Waals surface area contributed by atoms with Crippen LogP contribution in [0, 0.1) is 0 Å². The van der Waals surface area contributed by atoms with Gasteiger partial charge >= 0.3 is 0 Å². The molecule has 31 heavy (non-hydrogen) atoms. The Labute approximate surface area is 181 Å². The lowest BCUT2D eigenvalue weighted by Crippen LogP contribution is -2.17. The fourth-order valence-corrected chi connectivity index (χ4v) is 3.96. The molecular formula is C24H24N6O. The van der Waals surface area contributed by atoms with Crippen LogP contribution < -0.4 is 5.32 Å². The summed E-state index contributed by atoms with van der Waals surface area (Å²) in [6.45, 7) is 2.10. The van der Waals surface area contributed by atoms with Crippen molar-refractivity contribution in [3.8, 4) is 11.4 Å². The number of pyridine rings is 1. The van der Waals surface area contributed by atoms with Crippen LogP contribution in [-0.2, 0) is 19.3 Å². The molecule has 4 aromatic rings. The third-order valence-electron chi connectivity index (χ3n) is 5.49. The Morgan fingerprint density at radius 1 is 1.00 bits per heavy atom. The minimum absolute atomic E-state index is 0.263. The van der Waals surface area contributed by atoms with Crippen molar-refractivity contribution in [3.63, 3.8) is 0 Å². The Morgan fingerprint density at radius 2 is 1.84 bits per heavy atom. The van der Waals surface area contributed by atoms with Crippen LogP contribution in [0.5, 0.6) is 0 Å². The monoisotopic (exact) mass is 412 g/mol. The van der Waals surface area contributed by atoms with E-state index in [0.29, 0.717) is 17.5 Å². The molecular weight excluding hydrogens is 388 g/mol. The van der Waals surface area contributed by atoms with Gasteiger partial charge < -0.3 is 9.84 Å². The van der Waals surface area contributed by atoms with Gasteiger partial charge in [0.25, 0.3) is 0 Å². The van der Waals surface area contributed by atoms with E-state index in [1.54, 1.807) is 12.4 Å². The molecule has 1 aliphatic carbocycles. The van der Waals surface area contributed by atoms with E-state index >= 15 is 0 Å². The highest BCUT2D eigenvalue weighted by Crippen LogP contribution is 2.32. The lowest BCUT2D eigenvalue weighted by atomic mass is 10.1. The standard InChI is InChI=1S/C24H24N6O/c1-2-7-20-27-24(30-31-20)21(16-8-4-3-5-9-16)28-23-18-10-6-11-19(18)26-22(29-23)17-12-14-25-15-13-17/h3-5,8-9,12-15,21H,2,6-7,10-11H2,1H3,(H,26,28,29). The molecule has 1 aromatic carbocycles. The van der Waals surface area contributed by atoms with E-state index in [2.05, 4.69) is 39.5 Å². The van der Waals surface area contributed by atoms with Crippen molar-refractivity contribution >= 4 is 5.82 Å². The predicted octanol–water partition coefficient (Wildman–Crippen LogP) is 4.56. The first-order chi connectivity index (χ1) is 15.3. The highest BCUT2D eigenvalue weighted by molar-refractivity contribution is 5.61. The van der Waals surface area contributed by atoms with Gasteiger partial charge in [0, 0.05) is 35.6 Å². The Hall–Kier alpha value is -3.61. The first-order valence-electron chi connectivity index (χ1n) is 10.8. The fourth-order valence-electron chi connectivity index (χ4n) is 3.96. The van der Waals surface area contributed by atoms with E-state index in [1.165, 1.54) is 5.56 Å². The molecule has 0 bridgehead atoms. The summed E-state index contributed by atoms with van der Waals surface area (Å²) in [5, 5.41) is 7.91. The van der Waals surface area contributed by atoms with Crippen LogP contribution in [0.4, 0.5) is 5.82 Å². The maximum Gasteiger partial charge on any atom is 0.226 e. The molecule has 5 rings (SSSR count). The van der Waals surface area contributed by atoms with Gasteiger partial charge in [-0.15, -0.1) is 0 Å². The number of nitrogens with one attached hydrogen (secondary N) is 1. The van der Waals surface area contributed by atoms with Crippen LogP contribution >= 0.6 is 0 Å². The van der Waals surface area contributed by atoms with Gasteiger partial charge in [0.2, 0.25) is 5.89 Å². The number of anilines is 1. The van der Waals surface area contributed by atoms with Crippen molar-refractivity contribution in [1.29, 1.82) is 0 Å². The van der Waals surface area contributed by atoms with E-state index < -0.39 is 0 Å². The highest BCUT2D eigenvalue weighted by Gasteiger charge is 2.25. The fraction of sp³-hybridized carbons (Fsp3) is 0.292. The minimum atomic E-state index is -0.263. The molecule has 0 radical (unpaired) electrons. The first-order valence-corrected chi connectivity index (χ1v) is 10.8. The van der Waals surface area contributed by atoms with Crippen molar-refractivity contribution in [2.75, 3.05) is 5.32 Å². The van der Waals surface area contributed by atoms with Crippen molar-refractivity contribution in [2.24, 2.45) is 0 Å². The number of rotatable bonds is 7. The average molecular weight is 412 g/mol. The Balaban J connectivity index is 1.57. The second kappa shape index (κ2) is 8.63. The smallest absolute Gasteiger partial charge is 0.226 e. The number of aryl methyl sites for hydroxylation is 2. The lowest BCUT2D eigenvalue weighted by Gasteiger charge is -2.19. The second-order valence-electron chi connectivity index (χ2n) is 7.69. The number of hydrogen-bond donors (Lipinski definition) is 1. The molecule has 0 saturated carbocycles. The molecule has 3 aromatic heterocycles. The van der Waals surface area contributed by atoms with Crippen molar-refractivity contribution in [2.45, 2.75) is 45.1 Å². The van der Waals surface area contributed by atoms with E-state index in [0.717, 1.165) is 54.7 Å². The maximum atomic E-state index is 5.49. The minimum Gasteiger partial charge on any atom is -0.356 e. The van der Waals surface area contributed by atoms with Gasteiger partial charge in [0.1, 0.15) is 11.9 Å². The molecule has 0 amide bonds. The topological polar surface area (TPSA) is 89.6 Å². The summed E-state index contributed by atoms with van der Waals surface area (Å²) in [5.74, 6) is 2.82. The van der Waals surface area contributed by atoms with Crippen LogP contribution in [0.2, 0.25) is 0 Å². The molecule has 0 saturated heterocycles. The van der Waals surface area contributed by atoms with Gasteiger partial charge in [-0.2, -0.15) is 4.98 Å². The summed E-state index contributed by atoms with van der Waals surface area (Å²) in [6, 6.07) is 13.8. The largest absolute Gasteiger partial charge is 0.356 e. The van der Waals surface area contributed by atoms with Crippen molar-refractivity contribution < 1.29 is 4.52 Å². The van der Waals surface area contributed by atoms with Crippen molar-refractivity contribution in [1.82, 2.24) is 25.1 Å². The van der Waals surface area contributed by atoms with Crippen LogP contribution in [0.1, 0.15) is 54.3 Å². The SMILES string of the molecule is CCCc1nc(C(Nc2nc(-c3ccncc3)nc3c2CCC3)c2ccccc2)no1. The predicted molar refractivity (Wildman–Crippen MR) is 117 cm³/mol. The number of fused-ring (bicyclic) bond motifs is 1. The average Bonchev–Trinajstić information content (AvgIpc) is 3.48. The van der Waals surface area contributed by atoms with Gasteiger partial charge in [-0.25, -0.2) is 9.97 Å². The van der Waals surface area contributed by atoms with E-state index in [4.69, 9.17) is 14.5 Å². The third kappa shape index (κ3) is 4.03. The molecule has 1 atom stereocenters. The molecule has 1 unspecified atom stereocenters. The van der Waals surface area contributed by atoms with E-state index in [9.17, 15) is 0 Å². The molecule has 0 spiro atoms. The zero-order valence-corrected chi connectivity index (χ0v) is 17.5. The quantitative estimate of drug-likeness (QED) is 0.476. The van der Waals surface area contributed by atoms with Crippen LogP contribution in [0.25, 0.3) is 11.4 Å². The summed E-state index contributed by atoms with van der Waals surface area (Å²) >= 11 is 0. The molecule has 156 valence electrons. The van der Waals surface area contributed by atoms with Gasteiger partial charge in [-0.3, -0.25) is 4.98 Å². The molecule has 1 N–H and O–H groups in total. The Bertz CT molecular complexity index is 1160. The second-order valence-corrected chi connectivity index (χ2v) is 7.69. The van der Waals surface area contributed by atoms with Gasteiger partial charge in [0.05, 0.1) is 0 Å². The van der Waals surface area contributed by atoms with E-state index in [1.807, 2.05) is 30.3 Å². The lowest BCUT2D eigenvalue weighted by molar-refractivity contribution is 0.371. The molecule has 0 aliphatic heterocycles. The van der Waals surface area contributed by atoms with Gasteiger partial charge in [-0.05, 0) is 43.4 Å². The van der Waals surface area contributed by atoms with Crippen molar-refractivity contribution in [3.05, 3.63) is 83.4 Å². The number of benzene rings is 1. The summed E-state index contributed by atoms with van der Waals surface area (Å²) in [4.78, 5) is 18.5. The van der Waals surface area contributed by atoms with Crippen LogP contribution in [-0.4, -0.2) is 25.1 Å². The number of aromatic nitrogens is 5. The zero-order chi connectivity index (χ0) is 21.0. The normalized spacial score (nSPS) is 13.7. The number of nitrogens with zero attached hydrogens (tertiary/aromatic N) is 5. The molecule has 1 aliphatic rings. The Morgan fingerprint density at radius 3 is 2.65 bits per heavy atom. The molecule has 7 heteroatoms. The molecule has 7 nitrogen and oxygen atoms in total. The highest BCUT2D eigenvalue weighted by atomic mass is 16.5. The molecule has 3 heterocycles. The number of hydrogen-bond acceptors (Lipinski definition) is 7. The van der Waals surface area contributed by atoms with Gasteiger partial charge in [0.15, 0.2) is 11.6 Å².